The Morgan fingerprint density at radius 2 is 1.97 bits per heavy atom. The Morgan fingerprint density at radius 3 is 2.60 bits per heavy atom. The first-order valence-electron chi connectivity index (χ1n) is 9.81. The molecule has 1 aliphatic rings. The molecule has 0 radical (unpaired) electrons. The molecule has 0 spiro atoms. The van der Waals surface area contributed by atoms with Gasteiger partial charge in [0.2, 0.25) is 5.91 Å². The van der Waals surface area contributed by atoms with E-state index in [9.17, 15) is 14.0 Å². The van der Waals surface area contributed by atoms with E-state index in [-0.39, 0.29) is 17.6 Å². The fourth-order valence-corrected chi connectivity index (χ4v) is 3.51. The second-order valence-corrected chi connectivity index (χ2v) is 7.79. The van der Waals surface area contributed by atoms with Crippen molar-refractivity contribution in [1.82, 2.24) is 9.88 Å². The first-order chi connectivity index (χ1) is 14.5. The molecule has 0 atom stereocenters. The molecule has 1 aliphatic heterocycles. The van der Waals surface area contributed by atoms with Gasteiger partial charge in [-0.15, -0.1) is 0 Å². The molecular formula is C21H24BrFN4O3. The molecule has 9 heteroatoms. The van der Waals surface area contributed by atoms with Crippen LogP contribution in [0.2, 0.25) is 0 Å². The van der Waals surface area contributed by atoms with Gasteiger partial charge in [-0.1, -0.05) is 15.9 Å². The molecule has 1 fully saturated rings. The highest BCUT2D eigenvalue weighted by Crippen LogP contribution is 2.20. The molecule has 3 rings (SSSR count). The Hall–Kier alpha value is -2.52. The van der Waals surface area contributed by atoms with Crippen LogP contribution in [0.4, 0.5) is 15.9 Å². The predicted molar refractivity (Wildman–Crippen MR) is 116 cm³/mol. The summed E-state index contributed by atoms with van der Waals surface area (Å²) in [6, 6.07) is 8.09. The largest absolute Gasteiger partial charge is 0.462 e. The molecule has 0 saturated carbocycles. The number of amides is 1. The summed E-state index contributed by atoms with van der Waals surface area (Å²) >= 11 is 3.19. The summed E-state index contributed by atoms with van der Waals surface area (Å²) in [5.41, 5.74) is 0.623. The molecule has 7 nitrogen and oxygen atoms in total. The van der Waals surface area contributed by atoms with Crippen molar-refractivity contribution >= 4 is 39.3 Å². The molecule has 1 aromatic heterocycles. The number of carbonyl (C=O) groups excluding carboxylic acids is 2. The van der Waals surface area contributed by atoms with Gasteiger partial charge in [0.25, 0.3) is 0 Å². The van der Waals surface area contributed by atoms with Crippen molar-refractivity contribution < 1.29 is 18.7 Å². The maximum absolute atomic E-state index is 13.8. The molecule has 2 heterocycles. The van der Waals surface area contributed by atoms with Gasteiger partial charge in [0, 0.05) is 49.8 Å². The highest BCUT2D eigenvalue weighted by atomic mass is 79.9. The zero-order valence-corrected chi connectivity index (χ0v) is 18.3. The van der Waals surface area contributed by atoms with Crippen molar-refractivity contribution in [2.24, 2.45) is 0 Å². The van der Waals surface area contributed by atoms with E-state index in [1.165, 1.54) is 18.3 Å². The number of hydrogen-bond acceptors (Lipinski definition) is 6. The Morgan fingerprint density at radius 1 is 1.20 bits per heavy atom. The number of halogens is 2. The molecule has 1 N–H and O–H groups in total. The normalized spacial score (nSPS) is 14.4. The van der Waals surface area contributed by atoms with Crippen molar-refractivity contribution in [3.8, 4) is 0 Å². The maximum atomic E-state index is 13.8. The van der Waals surface area contributed by atoms with Crippen LogP contribution in [0.15, 0.2) is 41.0 Å². The fraction of sp³-hybridized carbons (Fsp3) is 0.381. The number of piperazine rings is 1. The van der Waals surface area contributed by atoms with E-state index in [4.69, 9.17) is 4.74 Å². The second kappa shape index (κ2) is 10.5. The van der Waals surface area contributed by atoms with Gasteiger partial charge in [0.1, 0.15) is 11.6 Å². The third-order valence-electron chi connectivity index (χ3n) is 4.82. The number of nitrogens with zero attached hydrogens (tertiary/aromatic N) is 3. The Bertz CT molecular complexity index is 886. The molecule has 0 unspecified atom stereocenters. The molecule has 160 valence electrons. The van der Waals surface area contributed by atoms with E-state index in [2.05, 4.69) is 36.0 Å². The minimum atomic E-state index is -0.465. The quantitative estimate of drug-likeness (QED) is 0.615. The predicted octanol–water partition coefficient (Wildman–Crippen LogP) is 3.31. The van der Waals surface area contributed by atoms with Crippen molar-refractivity contribution in [1.29, 1.82) is 0 Å². The minimum absolute atomic E-state index is 0.186. The van der Waals surface area contributed by atoms with Crippen LogP contribution in [-0.4, -0.2) is 61.1 Å². The number of rotatable bonds is 7. The number of benzene rings is 1. The van der Waals surface area contributed by atoms with E-state index < -0.39 is 5.82 Å². The third kappa shape index (κ3) is 5.99. The van der Waals surface area contributed by atoms with Gasteiger partial charge in [-0.05, 0) is 37.3 Å². The smallest absolute Gasteiger partial charge is 0.339 e. The molecule has 0 aliphatic carbocycles. The van der Waals surface area contributed by atoms with Crippen LogP contribution in [0, 0.1) is 5.82 Å². The summed E-state index contributed by atoms with van der Waals surface area (Å²) < 4.78 is 19.4. The van der Waals surface area contributed by atoms with Gasteiger partial charge in [0.05, 0.1) is 17.9 Å². The average molecular weight is 479 g/mol. The van der Waals surface area contributed by atoms with Gasteiger partial charge in [0.15, 0.2) is 0 Å². The number of esters is 1. The van der Waals surface area contributed by atoms with Crippen LogP contribution in [0.25, 0.3) is 0 Å². The van der Waals surface area contributed by atoms with Gasteiger partial charge in [-0.25, -0.2) is 14.2 Å². The number of anilines is 2. The summed E-state index contributed by atoms with van der Waals surface area (Å²) in [7, 11) is 0. The van der Waals surface area contributed by atoms with Gasteiger partial charge < -0.3 is 15.0 Å². The lowest BCUT2D eigenvalue weighted by Crippen LogP contribution is -2.47. The van der Waals surface area contributed by atoms with E-state index in [1.54, 1.807) is 19.1 Å². The zero-order chi connectivity index (χ0) is 21.5. The summed E-state index contributed by atoms with van der Waals surface area (Å²) in [6.07, 6.45) is 1.83. The molecule has 2 aromatic rings. The SMILES string of the molecule is CCOC(=O)c1ccc(N2CCN(CCC(=O)Nc3ccc(Br)cc3F)CC2)nc1. The fourth-order valence-electron chi connectivity index (χ4n) is 3.17. The number of carbonyl (C=O) groups is 2. The molecule has 0 bridgehead atoms. The highest BCUT2D eigenvalue weighted by molar-refractivity contribution is 9.10. The number of pyridine rings is 1. The van der Waals surface area contributed by atoms with Crippen LogP contribution in [-0.2, 0) is 9.53 Å². The summed E-state index contributed by atoms with van der Waals surface area (Å²) in [4.78, 5) is 32.6. The van der Waals surface area contributed by atoms with Crippen LogP contribution in [0.1, 0.15) is 23.7 Å². The number of nitrogens with one attached hydrogen (secondary N) is 1. The van der Waals surface area contributed by atoms with Gasteiger partial charge in [-0.2, -0.15) is 0 Å². The van der Waals surface area contributed by atoms with Gasteiger partial charge >= 0.3 is 5.97 Å². The summed E-state index contributed by atoms with van der Waals surface area (Å²) in [5.74, 6) is -0.239. The maximum Gasteiger partial charge on any atom is 0.339 e. The van der Waals surface area contributed by atoms with E-state index in [1.807, 2.05) is 6.07 Å². The van der Waals surface area contributed by atoms with Crippen LogP contribution in [0.5, 0.6) is 0 Å². The number of aromatic nitrogens is 1. The lowest BCUT2D eigenvalue weighted by molar-refractivity contribution is -0.116. The van der Waals surface area contributed by atoms with Crippen molar-refractivity contribution in [2.75, 3.05) is 49.5 Å². The number of hydrogen-bond donors (Lipinski definition) is 1. The molecule has 1 saturated heterocycles. The van der Waals surface area contributed by atoms with Crippen LogP contribution >= 0.6 is 15.9 Å². The lowest BCUT2D eigenvalue weighted by atomic mass is 10.2. The first kappa shape index (κ1) is 22.2. The van der Waals surface area contributed by atoms with E-state index in [0.717, 1.165) is 32.0 Å². The van der Waals surface area contributed by atoms with Crippen LogP contribution < -0.4 is 10.2 Å². The van der Waals surface area contributed by atoms with E-state index in [0.29, 0.717) is 29.6 Å². The molecule has 1 amide bonds. The van der Waals surface area contributed by atoms with Crippen LogP contribution in [0.3, 0.4) is 0 Å². The third-order valence-corrected chi connectivity index (χ3v) is 5.31. The van der Waals surface area contributed by atoms with Crippen molar-refractivity contribution in [3.63, 3.8) is 0 Å². The van der Waals surface area contributed by atoms with Crippen molar-refractivity contribution in [2.45, 2.75) is 13.3 Å². The monoisotopic (exact) mass is 478 g/mol. The first-order valence-corrected chi connectivity index (χ1v) is 10.6. The van der Waals surface area contributed by atoms with Crippen molar-refractivity contribution in [3.05, 3.63) is 52.4 Å². The standard InChI is InChI=1S/C21H24BrFN4O3/c1-2-30-21(29)15-3-6-19(24-14-15)27-11-9-26(10-12-27)8-7-20(28)25-18-5-4-16(22)13-17(18)23/h3-6,13-14H,2,7-12H2,1H3,(H,25,28). The molecule has 30 heavy (non-hydrogen) atoms. The zero-order valence-electron chi connectivity index (χ0n) is 16.7. The van der Waals surface area contributed by atoms with E-state index >= 15 is 0 Å². The molecular weight excluding hydrogens is 455 g/mol. The topological polar surface area (TPSA) is 74.8 Å². The summed E-state index contributed by atoms with van der Waals surface area (Å²) in [5, 5.41) is 2.62. The Labute approximate surface area is 183 Å². The minimum Gasteiger partial charge on any atom is -0.462 e. The number of ether oxygens (including phenoxy) is 1. The average Bonchev–Trinajstić information content (AvgIpc) is 2.75. The highest BCUT2D eigenvalue weighted by Gasteiger charge is 2.19. The lowest BCUT2D eigenvalue weighted by Gasteiger charge is -2.35. The second-order valence-electron chi connectivity index (χ2n) is 6.88. The Balaban J connectivity index is 1.43. The Kier molecular flexibility index (Phi) is 7.75. The molecule has 1 aromatic carbocycles. The van der Waals surface area contributed by atoms with Gasteiger partial charge in [-0.3, -0.25) is 9.69 Å². The summed E-state index contributed by atoms with van der Waals surface area (Å²) in [6.45, 7) is 5.83.